The van der Waals surface area contributed by atoms with Gasteiger partial charge in [-0.05, 0) is 37.7 Å². The van der Waals surface area contributed by atoms with Crippen molar-refractivity contribution >= 4 is 23.0 Å². The van der Waals surface area contributed by atoms with Gasteiger partial charge < -0.3 is 15.1 Å². The molecule has 1 aliphatic heterocycles. The van der Waals surface area contributed by atoms with Crippen molar-refractivity contribution < 1.29 is 0 Å². The van der Waals surface area contributed by atoms with E-state index >= 15 is 0 Å². The number of rotatable bonds is 3. The SMILES string of the molecule is CCC(C)NC(=S)N1CCN(c2ccccc2)CC1. The van der Waals surface area contributed by atoms with Gasteiger partial charge in [-0.1, -0.05) is 25.1 Å². The van der Waals surface area contributed by atoms with Crippen molar-refractivity contribution in [1.82, 2.24) is 10.2 Å². The van der Waals surface area contributed by atoms with E-state index in [2.05, 4.69) is 59.3 Å². The Labute approximate surface area is 121 Å². The third-order valence-electron chi connectivity index (χ3n) is 3.67. The minimum absolute atomic E-state index is 0.458. The molecule has 0 saturated carbocycles. The molecule has 0 aromatic heterocycles. The quantitative estimate of drug-likeness (QED) is 0.855. The number of hydrogen-bond acceptors (Lipinski definition) is 2. The first-order chi connectivity index (χ1) is 9.20. The molecule has 19 heavy (non-hydrogen) atoms. The summed E-state index contributed by atoms with van der Waals surface area (Å²) in [4.78, 5) is 4.70. The molecule has 1 unspecified atom stereocenters. The number of piperazine rings is 1. The molecule has 1 saturated heterocycles. The zero-order valence-corrected chi connectivity index (χ0v) is 12.6. The van der Waals surface area contributed by atoms with E-state index in [1.165, 1.54) is 5.69 Å². The molecule has 1 aromatic rings. The lowest BCUT2D eigenvalue weighted by atomic mass is 10.2. The van der Waals surface area contributed by atoms with Crippen LogP contribution in [0.25, 0.3) is 0 Å². The summed E-state index contributed by atoms with van der Waals surface area (Å²) >= 11 is 5.47. The summed E-state index contributed by atoms with van der Waals surface area (Å²) in [6.07, 6.45) is 1.10. The van der Waals surface area contributed by atoms with E-state index < -0.39 is 0 Å². The molecule has 3 nitrogen and oxygen atoms in total. The zero-order valence-electron chi connectivity index (χ0n) is 11.8. The maximum Gasteiger partial charge on any atom is 0.169 e. The fraction of sp³-hybridized carbons (Fsp3) is 0.533. The van der Waals surface area contributed by atoms with E-state index in [-0.39, 0.29) is 0 Å². The highest BCUT2D eigenvalue weighted by Crippen LogP contribution is 2.15. The predicted octanol–water partition coefficient (Wildman–Crippen LogP) is 2.48. The van der Waals surface area contributed by atoms with Crippen LogP contribution in [0, 0.1) is 0 Å². The third-order valence-corrected chi connectivity index (χ3v) is 4.05. The molecule has 0 spiro atoms. The summed E-state index contributed by atoms with van der Waals surface area (Å²) in [6, 6.07) is 11.1. The Morgan fingerprint density at radius 3 is 2.42 bits per heavy atom. The second kappa shape index (κ2) is 6.75. The molecule has 0 bridgehead atoms. The Hall–Kier alpha value is -1.29. The Morgan fingerprint density at radius 2 is 1.84 bits per heavy atom. The van der Waals surface area contributed by atoms with Gasteiger partial charge in [0.15, 0.2) is 5.11 Å². The second-order valence-corrected chi connectivity index (χ2v) is 5.46. The fourth-order valence-corrected chi connectivity index (χ4v) is 2.59. The second-order valence-electron chi connectivity index (χ2n) is 5.07. The molecular weight excluding hydrogens is 254 g/mol. The predicted molar refractivity (Wildman–Crippen MR) is 85.7 cm³/mol. The van der Waals surface area contributed by atoms with Crippen LogP contribution in [0.3, 0.4) is 0 Å². The molecule has 0 amide bonds. The van der Waals surface area contributed by atoms with Gasteiger partial charge in [-0.2, -0.15) is 0 Å². The van der Waals surface area contributed by atoms with Crippen molar-refractivity contribution in [3.63, 3.8) is 0 Å². The van der Waals surface area contributed by atoms with Gasteiger partial charge >= 0.3 is 0 Å². The molecule has 4 heteroatoms. The lowest BCUT2D eigenvalue weighted by Gasteiger charge is -2.38. The van der Waals surface area contributed by atoms with Crippen molar-refractivity contribution in [2.75, 3.05) is 31.1 Å². The first kappa shape index (κ1) is 14.1. The minimum atomic E-state index is 0.458. The molecule has 1 aromatic carbocycles. The van der Waals surface area contributed by atoms with Crippen molar-refractivity contribution in [3.8, 4) is 0 Å². The number of thiocarbonyl (C=S) groups is 1. The largest absolute Gasteiger partial charge is 0.368 e. The van der Waals surface area contributed by atoms with Crippen LogP contribution in [-0.4, -0.2) is 42.2 Å². The van der Waals surface area contributed by atoms with Gasteiger partial charge in [0, 0.05) is 37.9 Å². The van der Waals surface area contributed by atoms with Gasteiger partial charge in [-0.25, -0.2) is 0 Å². The average Bonchev–Trinajstić information content (AvgIpc) is 2.48. The number of nitrogens with zero attached hydrogens (tertiary/aromatic N) is 2. The highest BCUT2D eigenvalue weighted by atomic mass is 32.1. The molecule has 1 fully saturated rings. The molecule has 104 valence electrons. The summed E-state index contributed by atoms with van der Waals surface area (Å²) in [6.45, 7) is 8.41. The molecule has 2 rings (SSSR count). The highest BCUT2D eigenvalue weighted by Gasteiger charge is 2.19. The van der Waals surface area contributed by atoms with Crippen LogP contribution in [0.1, 0.15) is 20.3 Å². The van der Waals surface area contributed by atoms with Crippen LogP contribution < -0.4 is 10.2 Å². The third kappa shape index (κ3) is 3.83. The molecular formula is C15H23N3S. The molecule has 1 atom stereocenters. The molecule has 1 N–H and O–H groups in total. The van der Waals surface area contributed by atoms with E-state index in [4.69, 9.17) is 12.2 Å². The number of para-hydroxylation sites is 1. The molecule has 0 aliphatic carbocycles. The Morgan fingerprint density at radius 1 is 1.21 bits per heavy atom. The topological polar surface area (TPSA) is 18.5 Å². The number of hydrogen-bond donors (Lipinski definition) is 1. The Bertz CT molecular complexity index is 399. The average molecular weight is 277 g/mol. The normalized spacial score (nSPS) is 17.2. The molecule has 1 aliphatic rings. The van der Waals surface area contributed by atoms with Crippen LogP contribution in [0.5, 0.6) is 0 Å². The molecule has 0 radical (unpaired) electrons. The van der Waals surface area contributed by atoms with E-state index in [1.54, 1.807) is 0 Å². The lowest BCUT2D eigenvalue weighted by Crippen LogP contribution is -2.53. The van der Waals surface area contributed by atoms with Crippen molar-refractivity contribution in [2.24, 2.45) is 0 Å². The summed E-state index contributed by atoms with van der Waals surface area (Å²) in [5.41, 5.74) is 1.31. The van der Waals surface area contributed by atoms with Gasteiger partial charge in [-0.3, -0.25) is 0 Å². The Balaban J connectivity index is 1.84. The fourth-order valence-electron chi connectivity index (χ4n) is 2.21. The lowest BCUT2D eigenvalue weighted by molar-refractivity contribution is 0.375. The van der Waals surface area contributed by atoms with E-state index in [1.807, 2.05) is 0 Å². The number of anilines is 1. The summed E-state index contributed by atoms with van der Waals surface area (Å²) in [7, 11) is 0. The van der Waals surface area contributed by atoms with Crippen LogP contribution in [0.2, 0.25) is 0 Å². The zero-order chi connectivity index (χ0) is 13.7. The first-order valence-electron chi connectivity index (χ1n) is 7.06. The standard InChI is InChI=1S/C15H23N3S/c1-3-13(2)16-15(19)18-11-9-17(10-12-18)14-7-5-4-6-8-14/h4-8,13H,3,9-12H2,1-2H3,(H,16,19). The summed E-state index contributed by atoms with van der Waals surface area (Å²) in [5, 5.41) is 4.30. The van der Waals surface area contributed by atoms with Gasteiger partial charge in [0.1, 0.15) is 0 Å². The van der Waals surface area contributed by atoms with E-state index in [0.717, 1.165) is 37.7 Å². The Kier molecular flexibility index (Phi) is 5.02. The van der Waals surface area contributed by atoms with Gasteiger partial charge in [0.05, 0.1) is 0 Å². The van der Waals surface area contributed by atoms with Crippen LogP contribution in [0.15, 0.2) is 30.3 Å². The van der Waals surface area contributed by atoms with Crippen molar-refractivity contribution in [1.29, 1.82) is 0 Å². The highest BCUT2D eigenvalue weighted by molar-refractivity contribution is 7.80. The number of nitrogens with one attached hydrogen (secondary N) is 1. The van der Waals surface area contributed by atoms with E-state index in [0.29, 0.717) is 6.04 Å². The minimum Gasteiger partial charge on any atom is -0.368 e. The summed E-state index contributed by atoms with van der Waals surface area (Å²) < 4.78 is 0. The van der Waals surface area contributed by atoms with Gasteiger partial charge in [0.2, 0.25) is 0 Å². The smallest absolute Gasteiger partial charge is 0.169 e. The van der Waals surface area contributed by atoms with Crippen molar-refractivity contribution in [3.05, 3.63) is 30.3 Å². The van der Waals surface area contributed by atoms with Crippen LogP contribution >= 0.6 is 12.2 Å². The van der Waals surface area contributed by atoms with Crippen LogP contribution in [-0.2, 0) is 0 Å². The van der Waals surface area contributed by atoms with Gasteiger partial charge in [-0.15, -0.1) is 0 Å². The summed E-state index contributed by atoms with van der Waals surface area (Å²) in [5.74, 6) is 0. The molecule has 1 heterocycles. The maximum atomic E-state index is 5.47. The van der Waals surface area contributed by atoms with Crippen LogP contribution in [0.4, 0.5) is 5.69 Å². The first-order valence-corrected chi connectivity index (χ1v) is 7.47. The van der Waals surface area contributed by atoms with Gasteiger partial charge in [0.25, 0.3) is 0 Å². The number of benzene rings is 1. The monoisotopic (exact) mass is 277 g/mol. The van der Waals surface area contributed by atoms with E-state index in [9.17, 15) is 0 Å². The van der Waals surface area contributed by atoms with Crippen molar-refractivity contribution in [2.45, 2.75) is 26.3 Å². The maximum absolute atomic E-state index is 5.47.